The number of nitrogens with zero attached hydrogens (tertiary/aromatic N) is 1. The van der Waals surface area contributed by atoms with Crippen molar-refractivity contribution in [2.45, 2.75) is 0 Å². The quantitative estimate of drug-likeness (QED) is 0.452. The zero-order valence-electron chi connectivity index (χ0n) is 4.66. The Kier molecular flexibility index (Phi) is 1.50. The van der Waals surface area contributed by atoms with Crippen LogP contribution in [0.3, 0.4) is 0 Å². The van der Waals surface area contributed by atoms with E-state index in [9.17, 15) is 0 Å². The van der Waals surface area contributed by atoms with E-state index in [1.807, 2.05) is 24.6 Å². The molecule has 0 unspecified atom stereocenters. The number of rotatable bonds is 1. The Morgan fingerprint density at radius 1 is 1.75 bits per heavy atom. The molecule has 1 heterocycles. The summed E-state index contributed by atoms with van der Waals surface area (Å²) >= 11 is 1.63. The molecule has 0 bridgehead atoms. The van der Waals surface area contributed by atoms with E-state index in [0.29, 0.717) is 0 Å². The Labute approximate surface area is 52.5 Å². The number of nitrogens with two attached hydrogens (primary N) is 1. The van der Waals surface area contributed by atoms with Crippen LogP contribution in [-0.2, 0) is 0 Å². The molecule has 8 heavy (non-hydrogen) atoms. The zero-order valence-corrected chi connectivity index (χ0v) is 5.48. The first-order chi connectivity index (χ1) is 3.80. The number of hydrazine groups is 1. The van der Waals surface area contributed by atoms with E-state index < -0.39 is 0 Å². The fourth-order valence-corrected chi connectivity index (χ4v) is 1.09. The summed E-state index contributed by atoms with van der Waals surface area (Å²) in [6.07, 6.45) is 0. The third-order valence-corrected chi connectivity index (χ3v) is 1.81. The molecule has 3 heteroatoms. The van der Waals surface area contributed by atoms with Crippen molar-refractivity contribution in [3.8, 4) is 0 Å². The molecule has 0 spiro atoms. The van der Waals surface area contributed by atoms with E-state index >= 15 is 0 Å². The van der Waals surface area contributed by atoms with Crippen LogP contribution in [0.4, 0.5) is 5.00 Å². The maximum atomic E-state index is 5.40. The standard InChI is InChI=1S/C5H8N2S/c1-7(6)5-3-2-4-8-5/h2-4H,6H2,1H3. The Morgan fingerprint density at radius 3 is 2.75 bits per heavy atom. The second kappa shape index (κ2) is 2.15. The second-order valence-corrected chi connectivity index (χ2v) is 2.49. The van der Waals surface area contributed by atoms with E-state index in [1.54, 1.807) is 16.3 Å². The summed E-state index contributed by atoms with van der Waals surface area (Å²) in [6.45, 7) is 0. The maximum absolute atomic E-state index is 5.40. The van der Waals surface area contributed by atoms with Gasteiger partial charge in [0.25, 0.3) is 0 Å². The van der Waals surface area contributed by atoms with Gasteiger partial charge < -0.3 is 5.01 Å². The van der Waals surface area contributed by atoms with Crippen LogP contribution in [0, 0.1) is 0 Å². The van der Waals surface area contributed by atoms with Crippen LogP contribution in [0.25, 0.3) is 0 Å². The molecule has 0 fully saturated rings. The lowest BCUT2D eigenvalue weighted by atomic mass is 10.6. The van der Waals surface area contributed by atoms with Gasteiger partial charge >= 0.3 is 0 Å². The van der Waals surface area contributed by atoms with E-state index in [1.165, 1.54) is 0 Å². The molecule has 0 amide bonds. The summed E-state index contributed by atoms with van der Waals surface area (Å²) in [5, 5.41) is 4.69. The highest BCUT2D eigenvalue weighted by Gasteiger charge is 1.91. The Balaban J connectivity index is 2.77. The smallest absolute Gasteiger partial charge is 0.105 e. The second-order valence-electron chi connectivity index (χ2n) is 1.56. The summed E-state index contributed by atoms with van der Waals surface area (Å²) in [5.41, 5.74) is 0. The summed E-state index contributed by atoms with van der Waals surface area (Å²) in [7, 11) is 1.83. The third kappa shape index (κ3) is 0.993. The van der Waals surface area contributed by atoms with E-state index in [4.69, 9.17) is 5.84 Å². The van der Waals surface area contributed by atoms with Crippen LogP contribution < -0.4 is 10.9 Å². The van der Waals surface area contributed by atoms with Crippen molar-refractivity contribution < 1.29 is 0 Å². The van der Waals surface area contributed by atoms with Gasteiger partial charge in [-0.15, -0.1) is 11.3 Å². The molecule has 44 valence electrons. The number of hydrogen-bond acceptors (Lipinski definition) is 3. The minimum absolute atomic E-state index is 1.09. The van der Waals surface area contributed by atoms with Crippen molar-refractivity contribution in [3.05, 3.63) is 17.5 Å². The minimum Gasteiger partial charge on any atom is -0.305 e. The molecule has 0 aliphatic rings. The number of thiophene rings is 1. The van der Waals surface area contributed by atoms with E-state index in [0.717, 1.165) is 5.00 Å². The van der Waals surface area contributed by atoms with Crippen molar-refractivity contribution in [3.63, 3.8) is 0 Å². The van der Waals surface area contributed by atoms with Crippen LogP contribution in [0.15, 0.2) is 17.5 Å². The first-order valence-corrected chi connectivity index (χ1v) is 3.20. The number of anilines is 1. The monoisotopic (exact) mass is 128 g/mol. The van der Waals surface area contributed by atoms with E-state index in [-0.39, 0.29) is 0 Å². The first kappa shape index (κ1) is 5.59. The van der Waals surface area contributed by atoms with Crippen molar-refractivity contribution in [2.24, 2.45) is 5.84 Å². The molecule has 1 rings (SSSR count). The van der Waals surface area contributed by atoms with Crippen LogP contribution in [0.2, 0.25) is 0 Å². The molecule has 0 atom stereocenters. The predicted molar refractivity (Wildman–Crippen MR) is 36.9 cm³/mol. The molecule has 0 aromatic carbocycles. The van der Waals surface area contributed by atoms with Gasteiger partial charge in [0.15, 0.2) is 0 Å². The third-order valence-electron chi connectivity index (χ3n) is 0.854. The fraction of sp³-hybridized carbons (Fsp3) is 0.200. The molecule has 2 N–H and O–H groups in total. The highest BCUT2D eigenvalue weighted by molar-refractivity contribution is 7.14. The minimum atomic E-state index is 1.09. The molecule has 0 radical (unpaired) electrons. The molecule has 1 aromatic rings. The van der Waals surface area contributed by atoms with Crippen molar-refractivity contribution >= 4 is 16.3 Å². The lowest BCUT2D eigenvalue weighted by molar-refractivity contribution is 1.04. The highest BCUT2D eigenvalue weighted by atomic mass is 32.1. The highest BCUT2D eigenvalue weighted by Crippen LogP contribution is 2.15. The van der Waals surface area contributed by atoms with Crippen molar-refractivity contribution in [2.75, 3.05) is 12.1 Å². The fourth-order valence-electron chi connectivity index (χ4n) is 0.471. The molecule has 0 saturated carbocycles. The Bertz CT molecular complexity index is 145. The molecule has 0 saturated heterocycles. The van der Waals surface area contributed by atoms with Gasteiger partial charge in [0, 0.05) is 7.05 Å². The topological polar surface area (TPSA) is 29.3 Å². The zero-order chi connectivity index (χ0) is 5.98. The molecular weight excluding hydrogens is 120 g/mol. The van der Waals surface area contributed by atoms with Gasteiger partial charge in [-0.1, -0.05) is 0 Å². The van der Waals surface area contributed by atoms with Gasteiger partial charge in [0.05, 0.1) is 0 Å². The molecule has 0 aliphatic carbocycles. The van der Waals surface area contributed by atoms with Crippen LogP contribution in [0.5, 0.6) is 0 Å². The van der Waals surface area contributed by atoms with Crippen LogP contribution >= 0.6 is 11.3 Å². The molecule has 2 nitrogen and oxygen atoms in total. The Hall–Kier alpha value is -0.540. The number of hydrogen-bond donors (Lipinski definition) is 1. The van der Waals surface area contributed by atoms with Gasteiger partial charge in [0.1, 0.15) is 5.00 Å². The summed E-state index contributed by atoms with van der Waals surface area (Å²) in [5.74, 6) is 5.40. The summed E-state index contributed by atoms with van der Waals surface area (Å²) in [4.78, 5) is 0. The van der Waals surface area contributed by atoms with Gasteiger partial charge in [-0.2, -0.15) is 0 Å². The lowest BCUT2D eigenvalue weighted by Crippen LogP contribution is -2.23. The summed E-state index contributed by atoms with van der Waals surface area (Å²) < 4.78 is 0. The molecule has 0 aliphatic heterocycles. The van der Waals surface area contributed by atoms with Crippen LogP contribution in [0.1, 0.15) is 0 Å². The Morgan fingerprint density at radius 2 is 2.50 bits per heavy atom. The average molecular weight is 128 g/mol. The summed E-state index contributed by atoms with van der Waals surface area (Å²) in [6, 6.07) is 3.95. The normalized spacial score (nSPS) is 9.25. The first-order valence-electron chi connectivity index (χ1n) is 2.32. The largest absolute Gasteiger partial charge is 0.305 e. The van der Waals surface area contributed by atoms with E-state index in [2.05, 4.69) is 0 Å². The van der Waals surface area contributed by atoms with Crippen molar-refractivity contribution in [1.82, 2.24) is 0 Å². The SMILES string of the molecule is CN(N)c1cccs1. The van der Waals surface area contributed by atoms with Gasteiger partial charge in [0.2, 0.25) is 0 Å². The molecular formula is C5H8N2S. The maximum Gasteiger partial charge on any atom is 0.105 e. The van der Waals surface area contributed by atoms with Crippen LogP contribution in [-0.4, -0.2) is 7.05 Å². The molecule has 1 aromatic heterocycles. The predicted octanol–water partition coefficient (Wildman–Crippen LogP) is 1.06. The lowest BCUT2D eigenvalue weighted by Gasteiger charge is -2.05. The average Bonchev–Trinajstić information content (AvgIpc) is 2.12. The van der Waals surface area contributed by atoms with Gasteiger partial charge in [-0.25, -0.2) is 5.84 Å². The van der Waals surface area contributed by atoms with Gasteiger partial charge in [-0.05, 0) is 17.5 Å². The van der Waals surface area contributed by atoms with Crippen molar-refractivity contribution in [1.29, 1.82) is 0 Å². The van der Waals surface area contributed by atoms with Gasteiger partial charge in [-0.3, -0.25) is 0 Å².